The number of carbonyl (C=O) groups excluding carboxylic acids is 2. The van der Waals surface area contributed by atoms with Gasteiger partial charge in [-0.25, -0.2) is 14.6 Å². The zero-order chi connectivity index (χ0) is 34.7. The number of halogens is 1. The van der Waals surface area contributed by atoms with Crippen LogP contribution >= 0.6 is 22.9 Å². The highest BCUT2D eigenvalue weighted by Crippen LogP contribution is 2.36. The molecule has 5 aromatic rings. The third-order valence-corrected chi connectivity index (χ3v) is 9.28. The van der Waals surface area contributed by atoms with E-state index < -0.39 is 18.0 Å². The Morgan fingerprint density at radius 2 is 1.78 bits per heavy atom. The van der Waals surface area contributed by atoms with Gasteiger partial charge in [0.1, 0.15) is 0 Å². The number of thiazole rings is 1. The minimum absolute atomic E-state index is 0.150. The van der Waals surface area contributed by atoms with Gasteiger partial charge in [-0.3, -0.25) is 9.36 Å². The van der Waals surface area contributed by atoms with E-state index in [2.05, 4.69) is 4.57 Å². The average molecular weight is 700 g/mol. The fourth-order valence-electron chi connectivity index (χ4n) is 5.83. The summed E-state index contributed by atoms with van der Waals surface area (Å²) < 4.78 is 25.8. The summed E-state index contributed by atoms with van der Waals surface area (Å²) in [5.41, 5.74) is 3.95. The Hall–Kier alpha value is -5.13. The lowest BCUT2D eigenvalue weighted by Crippen LogP contribution is -2.40. The summed E-state index contributed by atoms with van der Waals surface area (Å²) in [4.78, 5) is 44.7. The largest absolute Gasteiger partial charge is 0.490 e. The molecule has 3 aromatic carbocycles. The molecule has 0 N–H and O–H groups in total. The zero-order valence-corrected chi connectivity index (χ0v) is 29.0. The first-order valence-corrected chi connectivity index (χ1v) is 16.9. The lowest BCUT2D eigenvalue weighted by atomic mass is 9.95. The monoisotopic (exact) mass is 699 g/mol. The first kappa shape index (κ1) is 33.8. The van der Waals surface area contributed by atoms with Crippen molar-refractivity contribution in [3.63, 3.8) is 0 Å². The molecule has 0 aliphatic carbocycles. The van der Waals surface area contributed by atoms with Gasteiger partial charge in [0.25, 0.3) is 5.56 Å². The number of ether oxygens (including phenoxy) is 4. The highest BCUT2D eigenvalue weighted by atomic mass is 35.5. The molecule has 0 unspecified atom stereocenters. The van der Waals surface area contributed by atoms with Crippen molar-refractivity contribution in [2.45, 2.75) is 33.4 Å². The molecule has 1 aliphatic rings. The maximum Gasteiger partial charge on any atom is 0.343 e. The van der Waals surface area contributed by atoms with Crippen LogP contribution in [0.25, 0.3) is 17.0 Å². The summed E-state index contributed by atoms with van der Waals surface area (Å²) >= 11 is 7.36. The van der Waals surface area contributed by atoms with E-state index in [-0.39, 0.29) is 24.3 Å². The van der Waals surface area contributed by atoms with Crippen LogP contribution in [-0.4, -0.2) is 48.0 Å². The Kier molecular flexibility index (Phi) is 10.0. The molecule has 1 aliphatic heterocycles. The quantitative estimate of drug-likeness (QED) is 0.170. The fraction of sp³-hybridized carbons (Fsp3) is 0.243. The molecular weight excluding hydrogens is 666 g/mol. The summed E-state index contributed by atoms with van der Waals surface area (Å²) in [6.45, 7) is 6.05. The van der Waals surface area contributed by atoms with Crippen molar-refractivity contribution >= 4 is 51.9 Å². The summed E-state index contributed by atoms with van der Waals surface area (Å²) in [6, 6.07) is 20.0. The lowest BCUT2D eigenvalue weighted by Gasteiger charge is -2.25. The summed E-state index contributed by atoms with van der Waals surface area (Å²) in [7, 11) is 1.28. The van der Waals surface area contributed by atoms with Gasteiger partial charge in [-0.15, -0.1) is 0 Å². The van der Waals surface area contributed by atoms with Crippen LogP contribution in [0.4, 0.5) is 0 Å². The molecular formula is C37H34ClN3O7S. The van der Waals surface area contributed by atoms with Crippen molar-refractivity contribution in [3.05, 3.63) is 126 Å². The van der Waals surface area contributed by atoms with E-state index in [4.69, 9.17) is 35.5 Å². The zero-order valence-electron chi connectivity index (χ0n) is 27.4. The van der Waals surface area contributed by atoms with Gasteiger partial charge < -0.3 is 23.5 Å². The molecule has 0 saturated heterocycles. The second kappa shape index (κ2) is 14.6. The van der Waals surface area contributed by atoms with E-state index in [9.17, 15) is 14.4 Å². The van der Waals surface area contributed by atoms with E-state index in [0.717, 1.165) is 22.0 Å². The van der Waals surface area contributed by atoms with Crippen molar-refractivity contribution < 1.29 is 28.5 Å². The minimum Gasteiger partial charge on any atom is -0.490 e. The van der Waals surface area contributed by atoms with E-state index >= 15 is 0 Å². The van der Waals surface area contributed by atoms with Crippen LogP contribution < -0.4 is 24.4 Å². The standard InChI is InChI=1S/C37H34ClN3O7S/c1-5-46-30-17-24(13-16-29(30)48-21-32(42)45-4)34-33(36(44)47-6-2)22(3)39-37-41(34)35(43)31(49-37)18-25-20-40(28-10-8-7-9-27(25)28)19-23-11-14-26(38)15-12-23/h7-18,20,34H,5-6,19,21H2,1-4H3/b31-18+/t34-/m1/s1. The van der Waals surface area contributed by atoms with Gasteiger partial charge >= 0.3 is 11.9 Å². The van der Waals surface area contributed by atoms with Crippen molar-refractivity contribution in [1.82, 2.24) is 9.13 Å². The molecule has 1 atom stereocenters. The van der Waals surface area contributed by atoms with E-state index in [1.54, 1.807) is 32.0 Å². The molecule has 49 heavy (non-hydrogen) atoms. The number of carbonyl (C=O) groups is 2. The van der Waals surface area contributed by atoms with E-state index in [0.29, 0.717) is 50.3 Å². The number of esters is 2. The number of nitrogens with zero attached hydrogens (tertiary/aromatic N) is 3. The molecule has 2 aromatic heterocycles. The molecule has 0 bridgehead atoms. The molecule has 0 saturated carbocycles. The van der Waals surface area contributed by atoms with Crippen molar-refractivity contribution in [2.24, 2.45) is 4.99 Å². The Morgan fingerprint density at radius 1 is 1.00 bits per heavy atom. The van der Waals surface area contributed by atoms with Crippen LogP contribution in [0.5, 0.6) is 11.5 Å². The van der Waals surface area contributed by atoms with Gasteiger partial charge in [0.05, 0.1) is 42.2 Å². The maximum atomic E-state index is 14.4. The number of hydrogen-bond acceptors (Lipinski definition) is 9. The number of para-hydroxylation sites is 1. The maximum absolute atomic E-state index is 14.4. The number of benzene rings is 3. The van der Waals surface area contributed by atoms with Gasteiger partial charge in [-0.2, -0.15) is 0 Å². The minimum atomic E-state index is -0.863. The van der Waals surface area contributed by atoms with Gasteiger partial charge in [0.2, 0.25) is 0 Å². The predicted molar refractivity (Wildman–Crippen MR) is 188 cm³/mol. The Labute approximate surface area is 291 Å². The Balaban J connectivity index is 1.48. The van der Waals surface area contributed by atoms with Crippen LogP contribution in [0.3, 0.4) is 0 Å². The molecule has 0 spiro atoms. The number of methoxy groups -OCH3 is 1. The highest BCUT2D eigenvalue weighted by molar-refractivity contribution is 7.07. The number of fused-ring (bicyclic) bond motifs is 2. The number of allylic oxidation sites excluding steroid dienone is 1. The molecule has 0 radical (unpaired) electrons. The molecule has 10 nitrogen and oxygen atoms in total. The van der Waals surface area contributed by atoms with Crippen molar-refractivity contribution in [1.29, 1.82) is 0 Å². The fourth-order valence-corrected chi connectivity index (χ4v) is 7.00. The van der Waals surface area contributed by atoms with Gasteiger partial charge in [0.15, 0.2) is 22.9 Å². The van der Waals surface area contributed by atoms with Crippen LogP contribution in [0, 0.1) is 0 Å². The number of aromatic nitrogens is 2. The first-order valence-electron chi connectivity index (χ1n) is 15.7. The summed E-state index contributed by atoms with van der Waals surface area (Å²) in [6.07, 6.45) is 3.91. The van der Waals surface area contributed by atoms with Gasteiger partial charge in [0, 0.05) is 34.2 Å². The second-order valence-electron chi connectivity index (χ2n) is 11.2. The topological polar surface area (TPSA) is 110 Å². The Morgan fingerprint density at radius 3 is 2.51 bits per heavy atom. The van der Waals surface area contributed by atoms with Gasteiger partial charge in [-0.05, 0) is 68.3 Å². The lowest BCUT2D eigenvalue weighted by molar-refractivity contribution is -0.143. The van der Waals surface area contributed by atoms with Crippen molar-refractivity contribution in [2.75, 3.05) is 26.9 Å². The Bertz CT molecular complexity index is 2270. The highest BCUT2D eigenvalue weighted by Gasteiger charge is 2.34. The predicted octanol–water partition coefficient (Wildman–Crippen LogP) is 5.41. The number of hydrogen-bond donors (Lipinski definition) is 0. The summed E-state index contributed by atoms with van der Waals surface area (Å²) in [5.74, 6) is -0.457. The molecule has 6 rings (SSSR count). The number of rotatable bonds is 11. The van der Waals surface area contributed by atoms with Crippen LogP contribution in [0.2, 0.25) is 5.02 Å². The summed E-state index contributed by atoms with van der Waals surface area (Å²) in [5, 5.41) is 1.67. The smallest absolute Gasteiger partial charge is 0.343 e. The normalized spacial score (nSPS) is 14.4. The van der Waals surface area contributed by atoms with Crippen molar-refractivity contribution in [3.8, 4) is 11.5 Å². The van der Waals surface area contributed by atoms with E-state index in [1.807, 2.05) is 67.7 Å². The average Bonchev–Trinajstić information content (AvgIpc) is 3.60. The molecule has 0 amide bonds. The first-order chi connectivity index (χ1) is 23.7. The van der Waals surface area contributed by atoms with Gasteiger partial charge in [-0.1, -0.05) is 59.3 Å². The van der Waals surface area contributed by atoms with E-state index in [1.165, 1.54) is 23.0 Å². The molecule has 252 valence electrons. The molecule has 3 heterocycles. The van der Waals surface area contributed by atoms with Crippen LogP contribution in [-0.2, 0) is 25.6 Å². The van der Waals surface area contributed by atoms with Crippen LogP contribution in [0.15, 0.2) is 94.0 Å². The third-order valence-electron chi connectivity index (χ3n) is 8.05. The SMILES string of the molecule is CCOC(=O)C1=C(C)N=c2s/c(=C/c3cn(Cc4ccc(Cl)cc4)c4ccccc34)c(=O)n2[C@@H]1c1ccc(OCC(=O)OC)c(OCC)c1. The molecule has 0 fully saturated rings. The third kappa shape index (κ3) is 6.90. The molecule has 12 heteroatoms. The second-order valence-corrected chi connectivity index (χ2v) is 12.6. The van der Waals surface area contributed by atoms with Crippen LogP contribution in [0.1, 0.15) is 43.5 Å².